The van der Waals surface area contributed by atoms with Gasteiger partial charge in [-0.25, -0.2) is 0 Å². The molecule has 1 aliphatic heterocycles. The van der Waals surface area contributed by atoms with E-state index in [0.717, 1.165) is 30.1 Å². The molecule has 0 aliphatic carbocycles. The number of rotatable bonds is 2. The zero-order chi connectivity index (χ0) is 13.1. The molecule has 1 aliphatic rings. The van der Waals surface area contributed by atoms with E-state index in [-0.39, 0.29) is 6.61 Å². The van der Waals surface area contributed by atoms with E-state index in [4.69, 9.17) is 4.74 Å². The van der Waals surface area contributed by atoms with Crippen molar-refractivity contribution in [3.63, 3.8) is 0 Å². The minimum Gasteiger partial charge on any atom is -0.491 e. The van der Waals surface area contributed by atoms with Gasteiger partial charge in [-0.2, -0.15) is 0 Å². The van der Waals surface area contributed by atoms with E-state index in [0.29, 0.717) is 6.61 Å². The molecule has 2 aromatic rings. The highest BCUT2D eigenvalue weighted by atomic mass is 16.5. The van der Waals surface area contributed by atoms with Gasteiger partial charge in [0.1, 0.15) is 12.4 Å². The van der Waals surface area contributed by atoms with E-state index in [2.05, 4.69) is 16.0 Å². The van der Waals surface area contributed by atoms with Crippen molar-refractivity contribution in [3.8, 4) is 5.75 Å². The number of aliphatic hydroxyl groups is 1. The third-order valence-electron chi connectivity index (χ3n) is 3.34. The zero-order valence-electron chi connectivity index (χ0n) is 10.6. The quantitative estimate of drug-likeness (QED) is 0.892. The van der Waals surface area contributed by atoms with Crippen LogP contribution in [0.1, 0.15) is 11.1 Å². The molecule has 0 fully saturated rings. The van der Waals surface area contributed by atoms with Gasteiger partial charge in [0.05, 0.1) is 13.2 Å². The normalized spacial score (nSPS) is 14.5. The van der Waals surface area contributed by atoms with Gasteiger partial charge in [-0.3, -0.25) is 4.98 Å². The number of anilines is 1. The Labute approximate surface area is 112 Å². The molecular weight excluding hydrogens is 240 g/mol. The van der Waals surface area contributed by atoms with Gasteiger partial charge in [0, 0.05) is 35.8 Å². The number of hydrogen-bond acceptors (Lipinski definition) is 4. The molecule has 0 saturated carbocycles. The van der Waals surface area contributed by atoms with Gasteiger partial charge >= 0.3 is 0 Å². The summed E-state index contributed by atoms with van der Waals surface area (Å²) in [6.45, 7) is 2.23. The Bertz CT molecular complexity index is 572. The first-order valence-corrected chi connectivity index (χ1v) is 6.38. The Balaban J connectivity index is 1.94. The Hall–Kier alpha value is -2.07. The minimum atomic E-state index is 0.00216. The molecule has 0 bridgehead atoms. The second kappa shape index (κ2) is 5.28. The summed E-state index contributed by atoms with van der Waals surface area (Å²) in [6, 6.07) is 10.0. The van der Waals surface area contributed by atoms with Crippen molar-refractivity contribution in [1.29, 1.82) is 0 Å². The van der Waals surface area contributed by atoms with E-state index in [9.17, 15) is 5.11 Å². The lowest BCUT2D eigenvalue weighted by atomic mass is 10.1. The standard InChI is InChI=1S/C15H16N2O2/c18-11-13-9-16-6-5-14(13)17-7-8-19-15-4-2-1-3-12(15)10-17/h1-6,9,18H,7-8,10-11H2. The highest BCUT2D eigenvalue weighted by Crippen LogP contribution is 2.27. The number of nitrogens with zero attached hydrogens (tertiary/aromatic N) is 2. The predicted molar refractivity (Wildman–Crippen MR) is 73.1 cm³/mol. The Morgan fingerprint density at radius 2 is 2.16 bits per heavy atom. The fourth-order valence-electron chi connectivity index (χ4n) is 2.38. The highest BCUT2D eigenvalue weighted by molar-refractivity contribution is 5.53. The van der Waals surface area contributed by atoms with Crippen LogP contribution in [0.5, 0.6) is 5.75 Å². The molecule has 0 atom stereocenters. The lowest BCUT2D eigenvalue weighted by Crippen LogP contribution is -2.26. The van der Waals surface area contributed by atoms with E-state index in [1.165, 1.54) is 5.56 Å². The molecular formula is C15H16N2O2. The smallest absolute Gasteiger partial charge is 0.124 e. The number of aromatic nitrogens is 1. The molecule has 0 saturated heterocycles. The minimum absolute atomic E-state index is 0.00216. The number of hydrogen-bond donors (Lipinski definition) is 1. The molecule has 0 unspecified atom stereocenters. The van der Waals surface area contributed by atoms with Gasteiger partial charge in [0.15, 0.2) is 0 Å². The maximum Gasteiger partial charge on any atom is 0.124 e. The fourth-order valence-corrected chi connectivity index (χ4v) is 2.38. The maximum absolute atomic E-state index is 9.42. The molecule has 3 rings (SSSR count). The predicted octanol–water partition coefficient (Wildman–Crippen LogP) is 1.97. The summed E-state index contributed by atoms with van der Waals surface area (Å²) >= 11 is 0. The van der Waals surface area contributed by atoms with Gasteiger partial charge in [0.25, 0.3) is 0 Å². The van der Waals surface area contributed by atoms with Crippen molar-refractivity contribution >= 4 is 5.69 Å². The average molecular weight is 256 g/mol. The second-order valence-electron chi connectivity index (χ2n) is 4.54. The summed E-state index contributed by atoms with van der Waals surface area (Å²) < 4.78 is 5.75. The Morgan fingerprint density at radius 3 is 3.05 bits per heavy atom. The number of ether oxygens (including phenoxy) is 1. The van der Waals surface area contributed by atoms with Crippen LogP contribution in [0.2, 0.25) is 0 Å². The van der Waals surface area contributed by atoms with Crippen molar-refractivity contribution in [2.24, 2.45) is 0 Å². The largest absolute Gasteiger partial charge is 0.491 e. The molecule has 4 heteroatoms. The topological polar surface area (TPSA) is 45.6 Å². The van der Waals surface area contributed by atoms with Gasteiger partial charge in [-0.1, -0.05) is 18.2 Å². The third kappa shape index (κ3) is 2.39. The number of aliphatic hydroxyl groups excluding tert-OH is 1. The summed E-state index contributed by atoms with van der Waals surface area (Å²) in [5, 5.41) is 9.42. The summed E-state index contributed by atoms with van der Waals surface area (Å²) in [4.78, 5) is 6.28. The van der Waals surface area contributed by atoms with E-state index in [1.807, 2.05) is 24.3 Å². The molecule has 1 N–H and O–H groups in total. The van der Waals surface area contributed by atoms with Crippen molar-refractivity contribution in [2.75, 3.05) is 18.1 Å². The SMILES string of the molecule is OCc1cnccc1N1CCOc2ccccc2C1. The van der Waals surface area contributed by atoms with Crippen LogP contribution >= 0.6 is 0 Å². The third-order valence-corrected chi connectivity index (χ3v) is 3.34. The Kier molecular flexibility index (Phi) is 3.33. The first kappa shape index (κ1) is 12.0. The second-order valence-corrected chi connectivity index (χ2v) is 4.54. The monoisotopic (exact) mass is 256 g/mol. The van der Waals surface area contributed by atoms with E-state index in [1.54, 1.807) is 12.4 Å². The van der Waals surface area contributed by atoms with Gasteiger partial charge < -0.3 is 14.7 Å². The molecule has 19 heavy (non-hydrogen) atoms. The lowest BCUT2D eigenvalue weighted by molar-refractivity contribution is 0.281. The first-order chi connectivity index (χ1) is 9.38. The number of pyridine rings is 1. The van der Waals surface area contributed by atoms with Crippen LogP contribution in [0.25, 0.3) is 0 Å². The van der Waals surface area contributed by atoms with Crippen molar-refractivity contribution < 1.29 is 9.84 Å². The van der Waals surface area contributed by atoms with Crippen LogP contribution in [0, 0.1) is 0 Å². The van der Waals surface area contributed by atoms with Gasteiger partial charge in [0.2, 0.25) is 0 Å². The number of fused-ring (bicyclic) bond motifs is 1. The van der Waals surface area contributed by atoms with Gasteiger partial charge in [-0.15, -0.1) is 0 Å². The molecule has 1 aromatic heterocycles. The molecule has 0 amide bonds. The molecule has 0 spiro atoms. The highest BCUT2D eigenvalue weighted by Gasteiger charge is 2.17. The maximum atomic E-state index is 9.42. The lowest BCUT2D eigenvalue weighted by Gasteiger charge is -2.24. The van der Waals surface area contributed by atoms with Crippen LogP contribution in [-0.4, -0.2) is 23.2 Å². The molecule has 1 aromatic carbocycles. The number of benzene rings is 1. The van der Waals surface area contributed by atoms with Crippen LogP contribution < -0.4 is 9.64 Å². The van der Waals surface area contributed by atoms with Crippen LogP contribution in [-0.2, 0) is 13.2 Å². The van der Waals surface area contributed by atoms with Crippen molar-refractivity contribution in [1.82, 2.24) is 4.98 Å². The molecule has 2 heterocycles. The summed E-state index contributed by atoms with van der Waals surface area (Å²) in [7, 11) is 0. The van der Waals surface area contributed by atoms with Crippen molar-refractivity contribution in [2.45, 2.75) is 13.2 Å². The summed E-state index contributed by atoms with van der Waals surface area (Å²) in [5.74, 6) is 0.949. The summed E-state index contributed by atoms with van der Waals surface area (Å²) in [5.41, 5.74) is 3.04. The van der Waals surface area contributed by atoms with Crippen LogP contribution in [0.15, 0.2) is 42.7 Å². The van der Waals surface area contributed by atoms with Crippen LogP contribution in [0.4, 0.5) is 5.69 Å². The number of para-hydroxylation sites is 1. The summed E-state index contributed by atoms with van der Waals surface area (Å²) in [6.07, 6.45) is 3.47. The molecule has 4 nitrogen and oxygen atoms in total. The average Bonchev–Trinajstić information content (AvgIpc) is 2.69. The zero-order valence-corrected chi connectivity index (χ0v) is 10.6. The van der Waals surface area contributed by atoms with Crippen LogP contribution in [0.3, 0.4) is 0 Å². The van der Waals surface area contributed by atoms with Gasteiger partial charge in [-0.05, 0) is 12.1 Å². The van der Waals surface area contributed by atoms with E-state index < -0.39 is 0 Å². The Morgan fingerprint density at radius 1 is 1.26 bits per heavy atom. The van der Waals surface area contributed by atoms with E-state index >= 15 is 0 Å². The molecule has 0 radical (unpaired) electrons. The fraction of sp³-hybridized carbons (Fsp3) is 0.267. The molecule has 98 valence electrons. The first-order valence-electron chi connectivity index (χ1n) is 6.38. The van der Waals surface area contributed by atoms with Crippen molar-refractivity contribution in [3.05, 3.63) is 53.9 Å².